The molecule has 3 heteroatoms. The SMILES string of the molecule is CNC(COc1ccc(Oc2ccccc2)cc1)C1CC1. The predicted octanol–water partition coefficient (Wildman–Crippen LogP) is 3.86. The molecule has 0 bridgehead atoms. The highest BCUT2D eigenvalue weighted by molar-refractivity contribution is 5.35. The van der Waals surface area contributed by atoms with Crippen LogP contribution in [0.25, 0.3) is 0 Å². The van der Waals surface area contributed by atoms with Gasteiger partial charge in [-0.25, -0.2) is 0 Å². The van der Waals surface area contributed by atoms with E-state index >= 15 is 0 Å². The molecule has 0 spiro atoms. The predicted molar refractivity (Wildman–Crippen MR) is 84.0 cm³/mol. The van der Waals surface area contributed by atoms with Crippen molar-refractivity contribution in [1.82, 2.24) is 5.32 Å². The van der Waals surface area contributed by atoms with Gasteiger partial charge in [-0.05, 0) is 62.2 Å². The first-order valence-corrected chi connectivity index (χ1v) is 7.48. The van der Waals surface area contributed by atoms with Crippen LogP contribution in [-0.4, -0.2) is 19.7 Å². The second-order valence-corrected chi connectivity index (χ2v) is 5.43. The summed E-state index contributed by atoms with van der Waals surface area (Å²) in [5, 5.41) is 3.33. The minimum atomic E-state index is 0.463. The Morgan fingerprint density at radius 1 is 0.952 bits per heavy atom. The summed E-state index contributed by atoms with van der Waals surface area (Å²) in [5.74, 6) is 3.34. The van der Waals surface area contributed by atoms with Crippen molar-refractivity contribution in [3.63, 3.8) is 0 Å². The lowest BCUT2D eigenvalue weighted by atomic mass is 10.2. The van der Waals surface area contributed by atoms with E-state index in [2.05, 4.69) is 5.32 Å². The number of hydrogen-bond acceptors (Lipinski definition) is 3. The molecule has 1 aliphatic rings. The van der Waals surface area contributed by atoms with Gasteiger partial charge < -0.3 is 14.8 Å². The van der Waals surface area contributed by atoms with E-state index in [1.165, 1.54) is 12.8 Å². The van der Waals surface area contributed by atoms with Crippen LogP contribution < -0.4 is 14.8 Å². The van der Waals surface area contributed by atoms with Gasteiger partial charge in [-0.15, -0.1) is 0 Å². The number of hydrogen-bond donors (Lipinski definition) is 1. The van der Waals surface area contributed by atoms with Crippen molar-refractivity contribution in [3.8, 4) is 17.2 Å². The summed E-state index contributed by atoms with van der Waals surface area (Å²) in [4.78, 5) is 0. The fraction of sp³-hybridized carbons (Fsp3) is 0.333. The zero-order valence-corrected chi connectivity index (χ0v) is 12.3. The molecular weight excluding hydrogens is 262 g/mol. The summed E-state index contributed by atoms with van der Waals surface area (Å²) in [6, 6.07) is 18.0. The highest BCUT2D eigenvalue weighted by Gasteiger charge is 2.30. The van der Waals surface area contributed by atoms with Crippen molar-refractivity contribution in [3.05, 3.63) is 54.6 Å². The van der Waals surface area contributed by atoms with Gasteiger partial charge in [-0.1, -0.05) is 18.2 Å². The van der Waals surface area contributed by atoms with Crippen LogP contribution >= 0.6 is 0 Å². The van der Waals surface area contributed by atoms with Gasteiger partial charge in [0.25, 0.3) is 0 Å². The smallest absolute Gasteiger partial charge is 0.127 e. The molecule has 0 saturated heterocycles. The van der Waals surface area contributed by atoms with E-state index in [-0.39, 0.29) is 0 Å². The summed E-state index contributed by atoms with van der Waals surface area (Å²) in [5.41, 5.74) is 0. The summed E-state index contributed by atoms with van der Waals surface area (Å²) >= 11 is 0. The molecule has 2 aromatic rings. The highest BCUT2D eigenvalue weighted by Crippen LogP contribution is 2.33. The van der Waals surface area contributed by atoms with E-state index in [4.69, 9.17) is 9.47 Å². The molecule has 3 rings (SSSR count). The highest BCUT2D eigenvalue weighted by atomic mass is 16.5. The standard InChI is InChI=1S/C18H21NO2/c1-19-18(14-7-8-14)13-20-15-9-11-17(12-10-15)21-16-5-3-2-4-6-16/h2-6,9-12,14,18-19H,7-8,13H2,1H3. The van der Waals surface area contributed by atoms with Crippen molar-refractivity contribution >= 4 is 0 Å². The molecule has 0 amide bonds. The van der Waals surface area contributed by atoms with Crippen molar-refractivity contribution < 1.29 is 9.47 Å². The summed E-state index contributed by atoms with van der Waals surface area (Å²) in [7, 11) is 2.00. The van der Waals surface area contributed by atoms with Crippen LogP contribution in [-0.2, 0) is 0 Å². The molecule has 0 aliphatic heterocycles. The first-order chi connectivity index (χ1) is 10.3. The van der Waals surface area contributed by atoms with Crippen LogP contribution in [0, 0.1) is 5.92 Å². The number of likely N-dealkylation sites (N-methyl/N-ethyl adjacent to an activating group) is 1. The van der Waals surface area contributed by atoms with Crippen LogP contribution in [0.4, 0.5) is 0 Å². The fourth-order valence-electron chi connectivity index (χ4n) is 2.37. The maximum atomic E-state index is 5.85. The van der Waals surface area contributed by atoms with E-state index in [1.807, 2.05) is 61.6 Å². The molecule has 110 valence electrons. The molecule has 0 radical (unpaired) electrons. The van der Waals surface area contributed by atoms with Gasteiger partial charge in [-0.2, -0.15) is 0 Å². The third kappa shape index (κ3) is 3.99. The molecule has 2 aromatic carbocycles. The van der Waals surface area contributed by atoms with Crippen LogP contribution in [0.5, 0.6) is 17.2 Å². The molecule has 1 N–H and O–H groups in total. The lowest BCUT2D eigenvalue weighted by Gasteiger charge is -2.16. The maximum absolute atomic E-state index is 5.85. The summed E-state index contributed by atoms with van der Waals surface area (Å²) in [6.45, 7) is 0.722. The molecule has 1 fully saturated rings. The average Bonchev–Trinajstić information content (AvgIpc) is 3.36. The van der Waals surface area contributed by atoms with Gasteiger partial charge in [0, 0.05) is 6.04 Å². The van der Waals surface area contributed by atoms with E-state index in [0.29, 0.717) is 6.04 Å². The zero-order chi connectivity index (χ0) is 14.5. The van der Waals surface area contributed by atoms with E-state index in [9.17, 15) is 0 Å². The first kappa shape index (κ1) is 14.0. The van der Waals surface area contributed by atoms with E-state index < -0.39 is 0 Å². The Kier molecular flexibility index (Phi) is 4.41. The number of rotatable bonds is 7. The number of benzene rings is 2. The Morgan fingerprint density at radius 2 is 1.57 bits per heavy atom. The molecule has 0 heterocycles. The number of nitrogens with one attached hydrogen (secondary N) is 1. The minimum Gasteiger partial charge on any atom is -0.492 e. The van der Waals surface area contributed by atoms with Gasteiger partial charge in [0.2, 0.25) is 0 Å². The van der Waals surface area contributed by atoms with Crippen LogP contribution in [0.1, 0.15) is 12.8 Å². The molecule has 21 heavy (non-hydrogen) atoms. The quantitative estimate of drug-likeness (QED) is 0.837. The normalized spacial score (nSPS) is 15.5. The van der Waals surface area contributed by atoms with Crippen LogP contribution in [0.15, 0.2) is 54.6 Å². The monoisotopic (exact) mass is 283 g/mol. The Bertz CT molecular complexity index is 549. The van der Waals surface area contributed by atoms with Crippen molar-refractivity contribution in [1.29, 1.82) is 0 Å². The molecule has 3 nitrogen and oxygen atoms in total. The molecule has 1 saturated carbocycles. The Hall–Kier alpha value is -2.00. The van der Waals surface area contributed by atoms with Gasteiger partial charge in [-0.3, -0.25) is 0 Å². The Labute approximate surface area is 125 Å². The molecular formula is C18H21NO2. The number of para-hydroxylation sites is 1. The maximum Gasteiger partial charge on any atom is 0.127 e. The lowest BCUT2D eigenvalue weighted by molar-refractivity contribution is 0.256. The first-order valence-electron chi connectivity index (χ1n) is 7.48. The summed E-state index contributed by atoms with van der Waals surface area (Å²) < 4.78 is 11.6. The van der Waals surface area contributed by atoms with Gasteiger partial charge in [0.1, 0.15) is 23.9 Å². The van der Waals surface area contributed by atoms with Gasteiger partial charge in [0.15, 0.2) is 0 Å². The molecule has 0 aromatic heterocycles. The third-order valence-electron chi connectivity index (χ3n) is 3.79. The van der Waals surface area contributed by atoms with Gasteiger partial charge >= 0.3 is 0 Å². The zero-order valence-electron chi connectivity index (χ0n) is 12.3. The van der Waals surface area contributed by atoms with Crippen molar-refractivity contribution in [2.45, 2.75) is 18.9 Å². The molecule has 1 aliphatic carbocycles. The second-order valence-electron chi connectivity index (χ2n) is 5.43. The van der Waals surface area contributed by atoms with Crippen LogP contribution in [0.2, 0.25) is 0 Å². The van der Waals surface area contributed by atoms with Crippen molar-refractivity contribution in [2.24, 2.45) is 5.92 Å². The molecule has 1 unspecified atom stereocenters. The second kappa shape index (κ2) is 6.64. The Morgan fingerprint density at radius 3 is 2.19 bits per heavy atom. The molecule has 1 atom stereocenters. The van der Waals surface area contributed by atoms with Gasteiger partial charge in [0.05, 0.1) is 0 Å². The summed E-state index contributed by atoms with van der Waals surface area (Å²) in [6.07, 6.45) is 2.64. The third-order valence-corrected chi connectivity index (χ3v) is 3.79. The average molecular weight is 283 g/mol. The topological polar surface area (TPSA) is 30.5 Å². The minimum absolute atomic E-state index is 0.463. The van der Waals surface area contributed by atoms with E-state index in [1.54, 1.807) is 0 Å². The fourth-order valence-corrected chi connectivity index (χ4v) is 2.37. The van der Waals surface area contributed by atoms with Crippen LogP contribution in [0.3, 0.4) is 0 Å². The van der Waals surface area contributed by atoms with E-state index in [0.717, 1.165) is 29.8 Å². The largest absolute Gasteiger partial charge is 0.492 e. The lowest BCUT2D eigenvalue weighted by Crippen LogP contribution is -2.33. The number of ether oxygens (including phenoxy) is 2. The van der Waals surface area contributed by atoms with Crippen molar-refractivity contribution in [2.75, 3.05) is 13.7 Å². The Balaban J connectivity index is 1.54.